The van der Waals surface area contributed by atoms with Crippen LogP contribution in [0.3, 0.4) is 0 Å². The molecule has 0 saturated heterocycles. The highest BCUT2D eigenvalue weighted by Gasteiger charge is 2.11. The lowest BCUT2D eigenvalue weighted by molar-refractivity contribution is -0.137. The van der Waals surface area contributed by atoms with Crippen LogP contribution in [0.4, 0.5) is 5.13 Å². The van der Waals surface area contributed by atoms with Gasteiger partial charge in [-0.25, -0.2) is 15.0 Å². The molecule has 7 nitrogen and oxygen atoms in total. The molecule has 0 aliphatic carbocycles. The van der Waals surface area contributed by atoms with Crippen molar-refractivity contribution in [3.05, 3.63) is 34.3 Å². The summed E-state index contributed by atoms with van der Waals surface area (Å²) < 4.78 is 0. The van der Waals surface area contributed by atoms with E-state index in [0.717, 1.165) is 5.69 Å². The maximum atomic E-state index is 11.9. The first-order valence-corrected chi connectivity index (χ1v) is 7.25. The number of hydrogen-bond acceptors (Lipinski definition) is 6. The largest absolute Gasteiger partial charge is 0.481 e. The molecule has 2 N–H and O–H groups in total. The van der Waals surface area contributed by atoms with Crippen molar-refractivity contribution < 1.29 is 14.7 Å². The topological polar surface area (TPSA) is 105 Å². The second-order valence-electron chi connectivity index (χ2n) is 4.07. The first-order chi connectivity index (χ1) is 10.0. The van der Waals surface area contributed by atoms with Crippen LogP contribution in [0.2, 0.25) is 5.15 Å². The van der Waals surface area contributed by atoms with Crippen molar-refractivity contribution in [2.45, 2.75) is 19.3 Å². The van der Waals surface area contributed by atoms with Gasteiger partial charge in [0.15, 0.2) is 5.13 Å². The Labute approximate surface area is 129 Å². The van der Waals surface area contributed by atoms with Gasteiger partial charge >= 0.3 is 5.97 Å². The first kappa shape index (κ1) is 15.3. The molecule has 0 aliphatic rings. The minimum absolute atomic E-state index is 0.0968. The van der Waals surface area contributed by atoms with E-state index < -0.39 is 11.9 Å². The van der Waals surface area contributed by atoms with E-state index in [0.29, 0.717) is 18.0 Å². The highest BCUT2D eigenvalue weighted by Crippen LogP contribution is 2.17. The van der Waals surface area contributed by atoms with Crippen LogP contribution in [0.1, 0.15) is 29.0 Å². The van der Waals surface area contributed by atoms with E-state index in [1.54, 1.807) is 5.38 Å². The smallest absolute Gasteiger partial charge is 0.303 e. The number of amides is 1. The predicted molar refractivity (Wildman–Crippen MR) is 77.7 cm³/mol. The molecular weight excluding hydrogens is 316 g/mol. The zero-order valence-electron chi connectivity index (χ0n) is 10.7. The van der Waals surface area contributed by atoms with E-state index in [4.69, 9.17) is 16.7 Å². The molecule has 21 heavy (non-hydrogen) atoms. The number of carboxylic acids is 1. The molecule has 2 heterocycles. The van der Waals surface area contributed by atoms with Crippen LogP contribution in [0.15, 0.2) is 17.8 Å². The highest BCUT2D eigenvalue weighted by atomic mass is 35.5. The molecule has 0 radical (unpaired) electrons. The fourth-order valence-electron chi connectivity index (χ4n) is 1.49. The van der Waals surface area contributed by atoms with Crippen LogP contribution in [-0.2, 0) is 11.2 Å². The SMILES string of the molecule is O=C(O)CCCc1csc(NC(=O)c2cnc(Cl)cn2)n1. The molecule has 0 aromatic carbocycles. The third-order valence-electron chi connectivity index (χ3n) is 2.45. The molecule has 0 saturated carbocycles. The van der Waals surface area contributed by atoms with Crippen LogP contribution in [0, 0.1) is 0 Å². The minimum Gasteiger partial charge on any atom is -0.481 e. The Hall–Kier alpha value is -2.06. The quantitative estimate of drug-likeness (QED) is 0.843. The number of halogens is 1. The number of carbonyl (C=O) groups is 2. The summed E-state index contributed by atoms with van der Waals surface area (Å²) in [5, 5.41) is 13.6. The average molecular weight is 327 g/mol. The van der Waals surface area contributed by atoms with Crippen LogP contribution in [-0.4, -0.2) is 31.9 Å². The summed E-state index contributed by atoms with van der Waals surface area (Å²) in [5.74, 6) is -1.26. The van der Waals surface area contributed by atoms with Gasteiger partial charge in [0.2, 0.25) is 0 Å². The van der Waals surface area contributed by atoms with Gasteiger partial charge in [-0.15, -0.1) is 11.3 Å². The van der Waals surface area contributed by atoms with Gasteiger partial charge in [0.25, 0.3) is 5.91 Å². The molecule has 0 unspecified atom stereocenters. The van der Waals surface area contributed by atoms with Crippen molar-refractivity contribution >= 4 is 39.9 Å². The number of anilines is 1. The van der Waals surface area contributed by atoms with Crippen molar-refractivity contribution in [1.82, 2.24) is 15.0 Å². The number of carboxylic acid groups (broad SMARTS) is 1. The fraction of sp³-hybridized carbons (Fsp3) is 0.250. The molecule has 0 fully saturated rings. The van der Waals surface area contributed by atoms with Gasteiger partial charge in [0, 0.05) is 11.8 Å². The summed E-state index contributed by atoms with van der Waals surface area (Å²) in [5.41, 5.74) is 0.890. The van der Waals surface area contributed by atoms with Crippen LogP contribution in [0.5, 0.6) is 0 Å². The number of carbonyl (C=O) groups excluding carboxylic acids is 1. The zero-order chi connectivity index (χ0) is 15.2. The Morgan fingerprint density at radius 3 is 2.81 bits per heavy atom. The van der Waals surface area contributed by atoms with E-state index in [-0.39, 0.29) is 17.3 Å². The molecular formula is C12H11ClN4O3S. The molecule has 0 bridgehead atoms. The van der Waals surface area contributed by atoms with Gasteiger partial charge in [-0.1, -0.05) is 11.6 Å². The number of nitrogens with one attached hydrogen (secondary N) is 1. The Bertz CT molecular complexity index is 644. The molecule has 110 valence electrons. The van der Waals surface area contributed by atoms with Gasteiger partial charge in [0.05, 0.1) is 18.1 Å². The Morgan fingerprint density at radius 1 is 1.33 bits per heavy atom. The highest BCUT2D eigenvalue weighted by molar-refractivity contribution is 7.13. The Morgan fingerprint density at radius 2 is 2.14 bits per heavy atom. The average Bonchev–Trinajstić information content (AvgIpc) is 2.86. The van der Waals surface area contributed by atoms with Crippen molar-refractivity contribution in [2.75, 3.05) is 5.32 Å². The monoisotopic (exact) mass is 326 g/mol. The van der Waals surface area contributed by atoms with Gasteiger partial charge in [0.1, 0.15) is 10.8 Å². The molecule has 2 aromatic rings. The second-order valence-corrected chi connectivity index (χ2v) is 5.32. The van der Waals surface area contributed by atoms with Crippen LogP contribution >= 0.6 is 22.9 Å². The number of thiazole rings is 1. The van der Waals surface area contributed by atoms with E-state index in [2.05, 4.69) is 20.3 Å². The summed E-state index contributed by atoms with van der Waals surface area (Å²) in [6, 6.07) is 0. The van der Waals surface area contributed by atoms with Gasteiger partial charge in [-0.2, -0.15) is 0 Å². The third-order valence-corrected chi connectivity index (χ3v) is 3.45. The lowest BCUT2D eigenvalue weighted by atomic mass is 10.2. The van der Waals surface area contributed by atoms with Gasteiger partial charge in [-0.05, 0) is 12.8 Å². The Balaban J connectivity index is 1.91. The molecule has 0 aliphatic heterocycles. The second kappa shape index (κ2) is 7.09. The number of nitrogens with zero attached hydrogens (tertiary/aromatic N) is 3. The molecule has 1 amide bonds. The number of hydrogen-bond donors (Lipinski definition) is 2. The van der Waals surface area contributed by atoms with E-state index in [1.165, 1.54) is 23.7 Å². The van der Waals surface area contributed by atoms with E-state index >= 15 is 0 Å². The van der Waals surface area contributed by atoms with Gasteiger partial charge < -0.3 is 5.11 Å². The molecule has 0 atom stereocenters. The van der Waals surface area contributed by atoms with Crippen molar-refractivity contribution in [3.63, 3.8) is 0 Å². The fourth-order valence-corrected chi connectivity index (χ4v) is 2.33. The predicted octanol–water partition coefficient (Wildman–Crippen LogP) is 2.25. The third kappa shape index (κ3) is 4.76. The molecule has 2 aromatic heterocycles. The number of aromatic nitrogens is 3. The van der Waals surface area contributed by atoms with Crippen LogP contribution < -0.4 is 5.32 Å². The molecule has 9 heteroatoms. The summed E-state index contributed by atoms with van der Waals surface area (Å²) in [7, 11) is 0. The maximum Gasteiger partial charge on any atom is 0.303 e. The van der Waals surface area contributed by atoms with Crippen molar-refractivity contribution in [2.24, 2.45) is 0 Å². The first-order valence-electron chi connectivity index (χ1n) is 5.99. The number of rotatable bonds is 6. The normalized spacial score (nSPS) is 10.3. The molecule has 2 rings (SSSR count). The van der Waals surface area contributed by atoms with Crippen LogP contribution in [0.25, 0.3) is 0 Å². The summed E-state index contributed by atoms with van der Waals surface area (Å²) in [4.78, 5) is 34.1. The van der Waals surface area contributed by atoms with E-state index in [9.17, 15) is 9.59 Å². The standard InChI is InChI=1S/C12H11ClN4O3S/c13-9-5-14-8(4-15-9)11(20)17-12-16-7(6-21-12)2-1-3-10(18)19/h4-6H,1-3H2,(H,18,19)(H,16,17,20). The van der Waals surface area contributed by atoms with Crippen molar-refractivity contribution in [1.29, 1.82) is 0 Å². The Kier molecular flexibility index (Phi) is 5.18. The summed E-state index contributed by atoms with van der Waals surface area (Å²) in [6.07, 6.45) is 3.73. The number of aliphatic carboxylic acids is 1. The summed E-state index contributed by atoms with van der Waals surface area (Å²) >= 11 is 6.86. The van der Waals surface area contributed by atoms with E-state index in [1.807, 2.05) is 0 Å². The molecule has 0 spiro atoms. The lowest BCUT2D eigenvalue weighted by Gasteiger charge is -2.00. The van der Waals surface area contributed by atoms with Crippen molar-refractivity contribution in [3.8, 4) is 0 Å². The van der Waals surface area contributed by atoms with Gasteiger partial charge in [-0.3, -0.25) is 14.9 Å². The maximum absolute atomic E-state index is 11.9. The zero-order valence-corrected chi connectivity index (χ0v) is 12.3. The lowest BCUT2D eigenvalue weighted by Crippen LogP contribution is -2.13. The summed E-state index contributed by atoms with van der Waals surface area (Å²) in [6.45, 7) is 0. The minimum atomic E-state index is -0.833. The number of aryl methyl sites for hydroxylation is 1.